The highest BCUT2D eigenvalue weighted by atomic mass is 35.5. The van der Waals surface area contributed by atoms with E-state index in [1.165, 1.54) is 43.4 Å². The maximum absolute atomic E-state index is 13.3. The zero-order valence-corrected chi connectivity index (χ0v) is 20.1. The smallest absolute Gasteiger partial charge is 0.300 e. The first-order valence-corrected chi connectivity index (χ1v) is 11.0. The number of halogens is 2. The molecule has 0 radical (unpaired) electrons. The minimum atomic E-state index is -1.01. The van der Waals surface area contributed by atoms with E-state index >= 15 is 0 Å². The monoisotopic (exact) mass is 508 g/mol. The van der Waals surface area contributed by atoms with E-state index in [2.05, 4.69) is 0 Å². The van der Waals surface area contributed by atoms with Crippen molar-refractivity contribution in [1.29, 1.82) is 5.26 Å². The quantitative estimate of drug-likeness (QED) is 0.277. The molecule has 1 N–H and O–H groups in total. The highest BCUT2D eigenvalue weighted by molar-refractivity contribution is 6.52. The first kappa shape index (κ1) is 24.1. The normalized spacial score (nSPS) is 16.8. The lowest BCUT2D eigenvalue weighted by atomic mass is 9.94. The molecular formula is C26H18Cl2N2O5. The molecule has 1 saturated heterocycles. The summed E-state index contributed by atoms with van der Waals surface area (Å²) < 4.78 is 10.7. The summed E-state index contributed by atoms with van der Waals surface area (Å²) in [7, 11) is 2.86. The van der Waals surface area contributed by atoms with Crippen LogP contribution in [-0.2, 0) is 9.59 Å². The second-order valence-corrected chi connectivity index (χ2v) is 8.42. The number of methoxy groups -OCH3 is 2. The number of aliphatic hydroxyl groups is 1. The van der Waals surface area contributed by atoms with Crippen LogP contribution in [0.25, 0.3) is 5.76 Å². The van der Waals surface area contributed by atoms with Crippen LogP contribution in [0.1, 0.15) is 22.7 Å². The molecular weight excluding hydrogens is 491 g/mol. The number of nitriles is 1. The van der Waals surface area contributed by atoms with Crippen LogP contribution in [0.5, 0.6) is 11.5 Å². The van der Waals surface area contributed by atoms with Gasteiger partial charge in [0.2, 0.25) is 0 Å². The second kappa shape index (κ2) is 9.71. The highest BCUT2D eigenvalue weighted by Gasteiger charge is 2.47. The number of rotatable bonds is 5. The Labute approximate surface area is 211 Å². The highest BCUT2D eigenvalue weighted by Crippen LogP contribution is 2.45. The molecule has 35 heavy (non-hydrogen) atoms. The number of anilines is 1. The standard InChI is InChI=1S/C26H18Cl2N2O5/c1-34-18-5-3-4-15(10-18)22-21(23(31)19-11-16(27)12-20(28)25(19)35-2)24(32)26(33)30(22)17-8-6-14(13-29)7-9-17/h3-12,22,31H,1-2H3/b23-21+. The lowest BCUT2D eigenvalue weighted by Gasteiger charge is -2.26. The van der Waals surface area contributed by atoms with Crippen LogP contribution in [0.4, 0.5) is 5.69 Å². The Morgan fingerprint density at radius 2 is 1.74 bits per heavy atom. The zero-order chi connectivity index (χ0) is 25.3. The van der Waals surface area contributed by atoms with E-state index < -0.39 is 23.5 Å². The predicted molar refractivity (Wildman–Crippen MR) is 132 cm³/mol. The molecule has 1 heterocycles. The number of amides is 1. The molecule has 0 aliphatic carbocycles. The average Bonchev–Trinajstić information content (AvgIpc) is 3.13. The topological polar surface area (TPSA) is 99.9 Å². The molecule has 3 aromatic rings. The molecule has 1 aliphatic heterocycles. The van der Waals surface area contributed by atoms with Crippen molar-refractivity contribution in [3.8, 4) is 17.6 Å². The fourth-order valence-electron chi connectivity index (χ4n) is 4.01. The fraction of sp³-hybridized carbons (Fsp3) is 0.115. The molecule has 1 amide bonds. The largest absolute Gasteiger partial charge is 0.507 e. The van der Waals surface area contributed by atoms with Gasteiger partial charge in [0.05, 0.1) is 48.1 Å². The Hall–Kier alpha value is -3.99. The van der Waals surface area contributed by atoms with Crippen LogP contribution < -0.4 is 14.4 Å². The number of Topliss-reactive ketones (excluding diaryl/α,β-unsaturated/α-hetero) is 1. The van der Waals surface area contributed by atoms with Crippen LogP contribution >= 0.6 is 23.2 Å². The number of nitrogens with zero attached hydrogens (tertiary/aromatic N) is 2. The Kier molecular flexibility index (Phi) is 6.70. The first-order valence-electron chi connectivity index (χ1n) is 10.3. The summed E-state index contributed by atoms with van der Waals surface area (Å²) in [5.74, 6) is -1.65. The lowest BCUT2D eigenvalue weighted by molar-refractivity contribution is -0.132. The molecule has 7 nitrogen and oxygen atoms in total. The van der Waals surface area contributed by atoms with Gasteiger partial charge in [-0.3, -0.25) is 14.5 Å². The van der Waals surface area contributed by atoms with Crippen molar-refractivity contribution in [2.24, 2.45) is 0 Å². The number of carbonyl (C=O) groups is 2. The molecule has 9 heteroatoms. The third-order valence-electron chi connectivity index (χ3n) is 5.60. The first-order chi connectivity index (χ1) is 16.8. The van der Waals surface area contributed by atoms with Gasteiger partial charge >= 0.3 is 0 Å². The summed E-state index contributed by atoms with van der Waals surface area (Å²) in [6, 6.07) is 16.9. The minimum Gasteiger partial charge on any atom is -0.507 e. The molecule has 1 atom stereocenters. The van der Waals surface area contributed by atoms with Crippen molar-refractivity contribution in [3.05, 3.63) is 93.0 Å². The molecule has 1 unspecified atom stereocenters. The second-order valence-electron chi connectivity index (χ2n) is 7.57. The Morgan fingerprint density at radius 1 is 1.03 bits per heavy atom. The molecule has 1 fully saturated rings. The van der Waals surface area contributed by atoms with Crippen LogP contribution in [0.15, 0.2) is 66.2 Å². The number of hydrogen-bond donors (Lipinski definition) is 1. The van der Waals surface area contributed by atoms with Gasteiger partial charge in [0.1, 0.15) is 17.3 Å². The van der Waals surface area contributed by atoms with Crippen molar-refractivity contribution in [2.45, 2.75) is 6.04 Å². The number of carbonyl (C=O) groups excluding carboxylic acids is 2. The van der Waals surface area contributed by atoms with Crippen molar-refractivity contribution < 1.29 is 24.2 Å². The van der Waals surface area contributed by atoms with E-state index in [-0.39, 0.29) is 26.9 Å². The van der Waals surface area contributed by atoms with Crippen LogP contribution in [0, 0.1) is 11.3 Å². The van der Waals surface area contributed by atoms with Crippen molar-refractivity contribution >= 4 is 46.3 Å². The Bertz CT molecular complexity index is 1410. The summed E-state index contributed by atoms with van der Waals surface area (Å²) >= 11 is 12.4. The zero-order valence-electron chi connectivity index (χ0n) is 18.6. The minimum absolute atomic E-state index is 0.0655. The van der Waals surface area contributed by atoms with Gasteiger partial charge in [0.25, 0.3) is 11.7 Å². The Balaban J connectivity index is 2.01. The Morgan fingerprint density at radius 3 is 2.37 bits per heavy atom. The molecule has 0 saturated carbocycles. The average molecular weight is 509 g/mol. The lowest BCUT2D eigenvalue weighted by Crippen LogP contribution is -2.29. The summed E-state index contributed by atoms with van der Waals surface area (Å²) in [6.45, 7) is 0. The van der Waals surface area contributed by atoms with E-state index in [1.807, 2.05) is 6.07 Å². The van der Waals surface area contributed by atoms with E-state index in [1.54, 1.807) is 36.4 Å². The maximum atomic E-state index is 13.3. The van der Waals surface area contributed by atoms with E-state index in [0.717, 1.165) is 0 Å². The van der Waals surface area contributed by atoms with E-state index in [4.69, 9.17) is 37.9 Å². The van der Waals surface area contributed by atoms with E-state index in [9.17, 15) is 14.7 Å². The maximum Gasteiger partial charge on any atom is 0.300 e. The number of hydrogen-bond acceptors (Lipinski definition) is 6. The number of benzene rings is 3. The number of ketones is 1. The predicted octanol–water partition coefficient (Wildman–Crippen LogP) is 5.51. The fourth-order valence-corrected chi connectivity index (χ4v) is 4.58. The molecule has 176 valence electrons. The molecule has 0 spiro atoms. The third kappa shape index (κ3) is 4.30. The molecule has 3 aromatic carbocycles. The van der Waals surface area contributed by atoms with Crippen molar-refractivity contribution in [2.75, 3.05) is 19.1 Å². The van der Waals surface area contributed by atoms with Crippen molar-refractivity contribution in [3.63, 3.8) is 0 Å². The van der Waals surface area contributed by atoms with Gasteiger partial charge in [-0.15, -0.1) is 0 Å². The number of ether oxygens (including phenoxy) is 2. The van der Waals surface area contributed by atoms with Gasteiger partial charge in [-0.2, -0.15) is 5.26 Å². The van der Waals surface area contributed by atoms with Gasteiger partial charge in [0, 0.05) is 10.7 Å². The molecule has 1 aliphatic rings. The number of aliphatic hydroxyl groups excluding tert-OH is 1. The summed E-state index contributed by atoms with van der Waals surface area (Å²) in [5, 5.41) is 20.9. The van der Waals surface area contributed by atoms with Gasteiger partial charge in [-0.1, -0.05) is 35.3 Å². The summed E-state index contributed by atoms with van der Waals surface area (Å²) in [4.78, 5) is 27.9. The van der Waals surface area contributed by atoms with Gasteiger partial charge in [-0.25, -0.2) is 0 Å². The summed E-state index contributed by atoms with van der Waals surface area (Å²) in [5.41, 5.74) is 1.16. The third-order valence-corrected chi connectivity index (χ3v) is 6.10. The SMILES string of the molecule is COc1cccc(C2/C(=C(\O)c3cc(Cl)cc(Cl)c3OC)C(=O)C(=O)N2c2ccc(C#N)cc2)c1. The molecule has 0 aromatic heterocycles. The van der Waals surface area contributed by atoms with Crippen LogP contribution in [-0.4, -0.2) is 31.0 Å². The summed E-state index contributed by atoms with van der Waals surface area (Å²) in [6.07, 6.45) is 0. The molecule has 0 bridgehead atoms. The van der Waals surface area contributed by atoms with Gasteiger partial charge in [0.15, 0.2) is 0 Å². The molecule has 4 rings (SSSR count). The van der Waals surface area contributed by atoms with Gasteiger partial charge in [-0.05, 0) is 54.1 Å². The van der Waals surface area contributed by atoms with Crippen LogP contribution in [0.3, 0.4) is 0 Å². The van der Waals surface area contributed by atoms with Crippen molar-refractivity contribution in [1.82, 2.24) is 0 Å². The van der Waals surface area contributed by atoms with Crippen LogP contribution in [0.2, 0.25) is 10.0 Å². The van der Waals surface area contributed by atoms with E-state index in [0.29, 0.717) is 22.6 Å². The van der Waals surface area contributed by atoms with Gasteiger partial charge < -0.3 is 14.6 Å².